The molecule has 0 aromatic heterocycles. The van der Waals surface area contributed by atoms with Gasteiger partial charge in [0.25, 0.3) is 0 Å². The number of fused-ring (bicyclic) bond motifs is 2. The second-order valence-corrected chi connectivity index (χ2v) is 5.66. The molecule has 0 heterocycles. The highest BCUT2D eigenvalue weighted by Crippen LogP contribution is 2.42. The van der Waals surface area contributed by atoms with Crippen molar-refractivity contribution in [1.82, 2.24) is 5.32 Å². The monoisotopic (exact) mass is 227 g/mol. The molecule has 2 aliphatic rings. The summed E-state index contributed by atoms with van der Waals surface area (Å²) >= 11 is 0. The Balaban J connectivity index is 1.46. The number of hydrogen-bond acceptors (Lipinski definition) is 1. The number of benzene rings is 1. The second-order valence-electron chi connectivity index (χ2n) is 5.66. The lowest BCUT2D eigenvalue weighted by atomic mass is 9.93. The maximum Gasteiger partial charge on any atom is 0.0205 e. The van der Waals surface area contributed by atoms with Crippen LogP contribution in [-0.2, 0) is 6.54 Å². The molecule has 0 aliphatic heterocycles. The van der Waals surface area contributed by atoms with Crippen molar-refractivity contribution in [3.8, 4) is 0 Å². The number of aryl methyl sites for hydroxylation is 1. The number of allylic oxidation sites excluding steroid dienone is 2. The third kappa shape index (κ3) is 2.44. The third-order valence-electron chi connectivity index (χ3n) is 4.27. The highest BCUT2D eigenvalue weighted by molar-refractivity contribution is 5.21. The standard InChI is InChI=1S/C16H21N/c1-12-2-4-13(5-3-12)10-17-11-16-9-14-6-7-15(16)8-14/h2-7,14-17H,8-11H2,1H3/t14-,15+,16+/m1/s1. The number of rotatable bonds is 4. The van der Waals surface area contributed by atoms with Crippen molar-refractivity contribution in [2.24, 2.45) is 17.8 Å². The minimum absolute atomic E-state index is 0.866. The van der Waals surface area contributed by atoms with E-state index in [1.807, 2.05) is 0 Å². The summed E-state index contributed by atoms with van der Waals surface area (Å²) in [5.41, 5.74) is 2.74. The molecular formula is C16H21N. The highest BCUT2D eigenvalue weighted by atomic mass is 14.9. The topological polar surface area (TPSA) is 12.0 Å². The van der Waals surface area contributed by atoms with E-state index in [1.54, 1.807) is 0 Å². The Kier molecular flexibility index (Phi) is 3.02. The van der Waals surface area contributed by atoms with Gasteiger partial charge in [0.1, 0.15) is 0 Å². The van der Waals surface area contributed by atoms with Gasteiger partial charge in [-0.3, -0.25) is 0 Å². The Labute approximate surface area is 104 Å². The van der Waals surface area contributed by atoms with Crippen LogP contribution in [0.5, 0.6) is 0 Å². The van der Waals surface area contributed by atoms with Crippen molar-refractivity contribution in [3.63, 3.8) is 0 Å². The van der Waals surface area contributed by atoms with Crippen LogP contribution < -0.4 is 5.32 Å². The van der Waals surface area contributed by atoms with E-state index in [-0.39, 0.29) is 0 Å². The molecule has 3 atom stereocenters. The zero-order valence-electron chi connectivity index (χ0n) is 10.5. The fourth-order valence-corrected chi connectivity index (χ4v) is 3.24. The van der Waals surface area contributed by atoms with Crippen molar-refractivity contribution in [2.45, 2.75) is 26.3 Å². The van der Waals surface area contributed by atoms with Crippen LogP contribution in [0.15, 0.2) is 36.4 Å². The summed E-state index contributed by atoms with van der Waals surface area (Å²) in [7, 11) is 0. The van der Waals surface area contributed by atoms with Gasteiger partial charge in [-0.05, 0) is 49.6 Å². The lowest BCUT2D eigenvalue weighted by Crippen LogP contribution is -2.25. The summed E-state index contributed by atoms with van der Waals surface area (Å²) < 4.78 is 0. The molecule has 1 aromatic carbocycles. The summed E-state index contributed by atoms with van der Waals surface area (Å²) in [4.78, 5) is 0. The van der Waals surface area contributed by atoms with Gasteiger partial charge >= 0.3 is 0 Å². The van der Waals surface area contributed by atoms with Gasteiger partial charge in [-0.2, -0.15) is 0 Å². The van der Waals surface area contributed by atoms with Crippen molar-refractivity contribution in [2.75, 3.05) is 6.54 Å². The molecule has 3 rings (SSSR count). The lowest BCUT2D eigenvalue weighted by Gasteiger charge is -2.18. The van der Waals surface area contributed by atoms with Crippen LogP contribution in [0.4, 0.5) is 0 Å². The van der Waals surface area contributed by atoms with Crippen LogP contribution >= 0.6 is 0 Å². The summed E-state index contributed by atoms with van der Waals surface area (Å²) in [5.74, 6) is 2.65. The molecule has 1 aromatic rings. The highest BCUT2D eigenvalue weighted by Gasteiger charge is 2.34. The molecule has 0 radical (unpaired) electrons. The SMILES string of the molecule is Cc1ccc(CNC[C@@H]2C[C@@H]3C=C[C@H]2C3)cc1. The Hall–Kier alpha value is -1.08. The maximum atomic E-state index is 3.61. The normalized spacial score (nSPS) is 30.1. The average molecular weight is 227 g/mol. The molecule has 0 saturated heterocycles. The first kappa shape index (κ1) is 11.0. The molecule has 1 N–H and O–H groups in total. The molecule has 0 spiro atoms. The van der Waals surface area contributed by atoms with Gasteiger partial charge in [0.05, 0.1) is 0 Å². The van der Waals surface area contributed by atoms with Gasteiger partial charge in [0.15, 0.2) is 0 Å². The zero-order chi connectivity index (χ0) is 11.7. The van der Waals surface area contributed by atoms with Crippen LogP contribution in [-0.4, -0.2) is 6.54 Å². The van der Waals surface area contributed by atoms with Crippen LogP contribution in [0.25, 0.3) is 0 Å². The van der Waals surface area contributed by atoms with E-state index in [1.165, 1.54) is 30.5 Å². The fourth-order valence-electron chi connectivity index (χ4n) is 3.24. The van der Waals surface area contributed by atoms with Gasteiger partial charge in [-0.15, -0.1) is 0 Å². The first-order valence-electron chi connectivity index (χ1n) is 6.76. The van der Waals surface area contributed by atoms with Gasteiger partial charge in [-0.1, -0.05) is 42.0 Å². The summed E-state index contributed by atoms with van der Waals surface area (Å²) in [5, 5.41) is 3.61. The molecule has 0 unspecified atom stereocenters. The minimum Gasteiger partial charge on any atom is -0.312 e. The first-order chi connectivity index (χ1) is 8.31. The fraction of sp³-hybridized carbons (Fsp3) is 0.500. The van der Waals surface area contributed by atoms with Crippen LogP contribution in [0, 0.1) is 24.7 Å². The molecule has 2 aliphatic carbocycles. The van der Waals surface area contributed by atoms with E-state index in [2.05, 4.69) is 48.7 Å². The Bertz CT molecular complexity index is 404. The van der Waals surface area contributed by atoms with Crippen molar-refractivity contribution < 1.29 is 0 Å². The zero-order valence-corrected chi connectivity index (χ0v) is 10.5. The summed E-state index contributed by atoms with van der Waals surface area (Å²) in [6, 6.07) is 8.83. The van der Waals surface area contributed by atoms with E-state index in [9.17, 15) is 0 Å². The van der Waals surface area contributed by atoms with E-state index in [0.29, 0.717) is 0 Å². The molecule has 2 bridgehead atoms. The van der Waals surface area contributed by atoms with Gasteiger partial charge < -0.3 is 5.32 Å². The van der Waals surface area contributed by atoms with E-state index < -0.39 is 0 Å². The molecular weight excluding hydrogens is 206 g/mol. The first-order valence-corrected chi connectivity index (χ1v) is 6.76. The second kappa shape index (κ2) is 4.66. The van der Waals surface area contributed by atoms with Crippen molar-refractivity contribution in [3.05, 3.63) is 47.5 Å². The minimum atomic E-state index is 0.866. The largest absolute Gasteiger partial charge is 0.312 e. The number of hydrogen-bond donors (Lipinski definition) is 1. The van der Waals surface area contributed by atoms with Crippen LogP contribution in [0.3, 0.4) is 0 Å². The Morgan fingerprint density at radius 1 is 1.12 bits per heavy atom. The van der Waals surface area contributed by atoms with E-state index in [0.717, 1.165) is 24.3 Å². The smallest absolute Gasteiger partial charge is 0.0205 e. The predicted octanol–water partition coefficient (Wildman–Crippen LogP) is 3.30. The van der Waals surface area contributed by atoms with Crippen LogP contribution in [0.1, 0.15) is 24.0 Å². The molecule has 1 nitrogen and oxygen atoms in total. The third-order valence-corrected chi connectivity index (χ3v) is 4.27. The molecule has 17 heavy (non-hydrogen) atoms. The predicted molar refractivity (Wildman–Crippen MR) is 71.7 cm³/mol. The quantitative estimate of drug-likeness (QED) is 0.778. The Morgan fingerprint density at radius 2 is 1.94 bits per heavy atom. The van der Waals surface area contributed by atoms with Gasteiger partial charge in [0.2, 0.25) is 0 Å². The van der Waals surface area contributed by atoms with E-state index >= 15 is 0 Å². The summed E-state index contributed by atoms with van der Waals surface area (Å²) in [6.45, 7) is 4.33. The molecule has 1 fully saturated rings. The van der Waals surface area contributed by atoms with Gasteiger partial charge in [-0.25, -0.2) is 0 Å². The number of nitrogens with one attached hydrogen (secondary N) is 1. The average Bonchev–Trinajstić information content (AvgIpc) is 2.94. The van der Waals surface area contributed by atoms with E-state index in [4.69, 9.17) is 0 Å². The molecule has 1 saturated carbocycles. The molecule has 0 amide bonds. The molecule has 90 valence electrons. The molecule has 1 heteroatoms. The maximum absolute atomic E-state index is 3.61. The van der Waals surface area contributed by atoms with Crippen molar-refractivity contribution >= 4 is 0 Å². The van der Waals surface area contributed by atoms with Crippen molar-refractivity contribution in [1.29, 1.82) is 0 Å². The lowest BCUT2D eigenvalue weighted by molar-refractivity contribution is 0.414. The van der Waals surface area contributed by atoms with Crippen LogP contribution in [0.2, 0.25) is 0 Å². The Morgan fingerprint density at radius 3 is 2.59 bits per heavy atom. The van der Waals surface area contributed by atoms with Gasteiger partial charge in [0, 0.05) is 6.54 Å². The summed E-state index contributed by atoms with van der Waals surface area (Å²) in [6.07, 6.45) is 7.67.